The van der Waals surface area contributed by atoms with Gasteiger partial charge in [0.05, 0.1) is 0 Å². The Bertz CT molecular complexity index is 462. The summed E-state index contributed by atoms with van der Waals surface area (Å²) >= 11 is 0. The zero-order valence-corrected chi connectivity index (χ0v) is 12.4. The highest BCUT2D eigenvalue weighted by Gasteiger charge is 2.34. The molecule has 3 fully saturated rings. The first-order valence-corrected chi connectivity index (χ1v) is 8.44. The van der Waals surface area contributed by atoms with Gasteiger partial charge in [0.25, 0.3) is 0 Å². The molecular formula is C18H26N2. The van der Waals surface area contributed by atoms with E-state index in [4.69, 9.17) is 0 Å². The molecule has 2 heteroatoms. The summed E-state index contributed by atoms with van der Waals surface area (Å²) in [5.74, 6) is 1.69. The Morgan fingerprint density at radius 3 is 2.75 bits per heavy atom. The van der Waals surface area contributed by atoms with Crippen LogP contribution in [0, 0.1) is 5.92 Å². The molecule has 2 nitrogen and oxygen atoms in total. The van der Waals surface area contributed by atoms with Crippen molar-refractivity contribution >= 4 is 0 Å². The minimum Gasteiger partial charge on any atom is -0.312 e. The number of hydrogen-bond acceptors (Lipinski definition) is 2. The summed E-state index contributed by atoms with van der Waals surface area (Å²) in [4.78, 5) is 2.65. The maximum absolute atomic E-state index is 3.92. The SMILES string of the molecule is c1ccc2c(c1)CCC[C@H]2CN[C@H]1CN2CCC1CC2. The molecule has 0 radical (unpaired) electrons. The lowest BCUT2D eigenvalue weighted by Crippen LogP contribution is -2.56. The van der Waals surface area contributed by atoms with Crippen molar-refractivity contribution < 1.29 is 0 Å². The minimum absolute atomic E-state index is 0.746. The monoisotopic (exact) mass is 270 g/mol. The summed E-state index contributed by atoms with van der Waals surface area (Å²) in [7, 11) is 0. The van der Waals surface area contributed by atoms with Crippen LogP contribution in [0.4, 0.5) is 0 Å². The van der Waals surface area contributed by atoms with Crippen molar-refractivity contribution in [3.8, 4) is 0 Å². The number of hydrogen-bond donors (Lipinski definition) is 1. The van der Waals surface area contributed by atoms with Crippen molar-refractivity contribution in [2.45, 2.75) is 44.1 Å². The minimum atomic E-state index is 0.746. The van der Waals surface area contributed by atoms with Gasteiger partial charge in [-0.1, -0.05) is 24.3 Å². The molecule has 0 spiro atoms. The van der Waals surface area contributed by atoms with Crippen LogP contribution in [0.5, 0.6) is 0 Å². The summed E-state index contributed by atoms with van der Waals surface area (Å²) < 4.78 is 0. The zero-order valence-electron chi connectivity index (χ0n) is 12.4. The van der Waals surface area contributed by atoms with Crippen molar-refractivity contribution in [3.05, 3.63) is 35.4 Å². The smallest absolute Gasteiger partial charge is 0.0224 e. The molecule has 4 aliphatic rings. The van der Waals surface area contributed by atoms with Crippen LogP contribution in [0.3, 0.4) is 0 Å². The second-order valence-corrected chi connectivity index (χ2v) is 6.94. The van der Waals surface area contributed by atoms with Gasteiger partial charge in [-0.05, 0) is 68.2 Å². The van der Waals surface area contributed by atoms with Crippen LogP contribution < -0.4 is 5.32 Å². The summed E-state index contributed by atoms with van der Waals surface area (Å²) in [5, 5.41) is 3.92. The second kappa shape index (κ2) is 5.50. The molecule has 0 amide bonds. The van der Waals surface area contributed by atoms with Crippen molar-refractivity contribution in [3.63, 3.8) is 0 Å². The molecule has 0 aromatic heterocycles. The van der Waals surface area contributed by atoms with Crippen LogP contribution in [0.2, 0.25) is 0 Å². The molecule has 3 aliphatic heterocycles. The fourth-order valence-electron chi connectivity index (χ4n) is 4.56. The van der Waals surface area contributed by atoms with Gasteiger partial charge in [-0.25, -0.2) is 0 Å². The quantitative estimate of drug-likeness (QED) is 0.908. The number of aryl methyl sites for hydroxylation is 1. The highest BCUT2D eigenvalue weighted by atomic mass is 15.2. The van der Waals surface area contributed by atoms with E-state index in [1.165, 1.54) is 58.3 Å². The Hall–Kier alpha value is -0.860. The van der Waals surface area contributed by atoms with E-state index in [2.05, 4.69) is 34.5 Å². The predicted molar refractivity (Wildman–Crippen MR) is 83.1 cm³/mol. The summed E-state index contributed by atoms with van der Waals surface area (Å²) in [6.45, 7) is 5.16. The maximum Gasteiger partial charge on any atom is 0.0224 e. The van der Waals surface area contributed by atoms with E-state index in [1.807, 2.05) is 0 Å². The first kappa shape index (κ1) is 12.8. The lowest BCUT2D eigenvalue weighted by atomic mass is 9.81. The molecule has 5 rings (SSSR count). The van der Waals surface area contributed by atoms with E-state index in [1.54, 1.807) is 11.1 Å². The Morgan fingerprint density at radius 1 is 1.10 bits per heavy atom. The van der Waals surface area contributed by atoms with E-state index in [0.29, 0.717) is 0 Å². The molecule has 1 aromatic carbocycles. The van der Waals surface area contributed by atoms with E-state index >= 15 is 0 Å². The van der Waals surface area contributed by atoms with Crippen LogP contribution >= 0.6 is 0 Å². The molecule has 20 heavy (non-hydrogen) atoms. The van der Waals surface area contributed by atoms with Gasteiger partial charge in [-0.2, -0.15) is 0 Å². The Kier molecular flexibility index (Phi) is 3.53. The molecule has 1 aromatic rings. The highest BCUT2D eigenvalue weighted by molar-refractivity contribution is 5.32. The van der Waals surface area contributed by atoms with Crippen molar-refractivity contribution in [1.82, 2.24) is 10.2 Å². The number of nitrogens with zero attached hydrogens (tertiary/aromatic N) is 1. The van der Waals surface area contributed by atoms with Crippen LogP contribution in [0.15, 0.2) is 24.3 Å². The number of rotatable bonds is 3. The van der Waals surface area contributed by atoms with Crippen molar-refractivity contribution in [2.24, 2.45) is 5.92 Å². The lowest BCUT2D eigenvalue weighted by molar-refractivity contribution is 0.0718. The summed E-state index contributed by atoms with van der Waals surface area (Å²) in [5.41, 5.74) is 3.21. The van der Waals surface area contributed by atoms with Gasteiger partial charge in [0.1, 0.15) is 0 Å². The normalized spacial score (nSPS) is 35.8. The molecule has 1 aliphatic carbocycles. The molecular weight excluding hydrogens is 244 g/mol. The van der Waals surface area contributed by atoms with Crippen molar-refractivity contribution in [1.29, 1.82) is 0 Å². The Labute approximate surface area is 122 Å². The fraction of sp³-hybridized carbons (Fsp3) is 0.667. The number of nitrogens with one attached hydrogen (secondary N) is 1. The highest BCUT2D eigenvalue weighted by Crippen LogP contribution is 2.32. The number of benzene rings is 1. The molecule has 0 unspecified atom stereocenters. The van der Waals surface area contributed by atoms with Gasteiger partial charge >= 0.3 is 0 Å². The average molecular weight is 270 g/mol. The van der Waals surface area contributed by atoms with Gasteiger partial charge in [0.2, 0.25) is 0 Å². The molecule has 2 atom stereocenters. The van der Waals surface area contributed by atoms with E-state index in [9.17, 15) is 0 Å². The molecule has 2 bridgehead atoms. The third-order valence-electron chi connectivity index (χ3n) is 5.78. The standard InChI is InChI=1S/C18H26N2/c1-2-7-17-14(4-1)5-3-6-16(17)12-19-18-13-20-10-8-15(18)9-11-20/h1-2,4,7,15-16,18-19H,3,5-6,8-13H2/t16-,18-/m0/s1. The van der Waals surface area contributed by atoms with E-state index in [0.717, 1.165) is 17.9 Å². The fourth-order valence-corrected chi connectivity index (χ4v) is 4.56. The first-order chi connectivity index (χ1) is 9.90. The van der Waals surface area contributed by atoms with E-state index < -0.39 is 0 Å². The molecule has 108 valence electrons. The molecule has 3 saturated heterocycles. The lowest BCUT2D eigenvalue weighted by Gasteiger charge is -2.45. The largest absolute Gasteiger partial charge is 0.312 e. The molecule has 1 N–H and O–H groups in total. The Balaban J connectivity index is 1.41. The van der Waals surface area contributed by atoms with E-state index in [-0.39, 0.29) is 0 Å². The van der Waals surface area contributed by atoms with Gasteiger partial charge < -0.3 is 10.2 Å². The van der Waals surface area contributed by atoms with Crippen LogP contribution in [-0.2, 0) is 6.42 Å². The van der Waals surface area contributed by atoms with Crippen LogP contribution in [0.25, 0.3) is 0 Å². The number of fused-ring (bicyclic) bond motifs is 4. The maximum atomic E-state index is 3.92. The summed E-state index contributed by atoms with van der Waals surface area (Å²) in [6, 6.07) is 9.85. The second-order valence-electron chi connectivity index (χ2n) is 6.94. The van der Waals surface area contributed by atoms with Crippen LogP contribution in [0.1, 0.15) is 42.7 Å². The third kappa shape index (κ3) is 2.40. The van der Waals surface area contributed by atoms with Gasteiger partial charge in [0.15, 0.2) is 0 Å². The van der Waals surface area contributed by atoms with Gasteiger partial charge in [0, 0.05) is 19.1 Å². The summed E-state index contributed by atoms with van der Waals surface area (Å²) in [6.07, 6.45) is 6.85. The Morgan fingerprint density at radius 2 is 1.95 bits per heavy atom. The van der Waals surface area contributed by atoms with Gasteiger partial charge in [-0.15, -0.1) is 0 Å². The average Bonchev–Trinajstić information content (AvgIpc) is 2.54. The third-order valence-corrected chi connectivity index (χ3v) is 5.78. The zero-order chi connectivity index (χ0) is 13.4. The first-order valence-electron chi connectivity index (χ1n) is 8.44. The molecule has 0 saturated carbocycles. The molecule has 3 heterocycles. The predicted octanol–water partition coefficient (Wildman–Crippen LogP) is 2.79. The van der Waals surface area contributed by atoms with Crippen molar-refractivity contribution in [2.75, 3.05) is 26.2 Å². The van der Waals surface area contributed by atoms with Gasteiger partial charge in [-0.3, -0.25) is 0 Å². The topological polar surface area (TPSA) is 15.3 Å². The van der Waals surface area contributed by atoms with Crippen LogP contribution in [-0.4, -0.2) is 37.1 Å². The number of piperidine rings is 3.